The Morgan fingerprint density at radius 3 is 3.00 bits per heavy atom. The standard InChI is InChI=1S/C7H10N2O4/c1-13-3-2-9-6(7(11)12)5(10)4-8-9/h4,10H,2-3H2,1H3,(H,11,12). The summed E-state index contributed by atoms with van der Waals surface area (Å²) in [5, 5.41) is 21.4. The lowest BCUT2D eigenvalue weighted by Crippen LogP contribution is -2.13. The zero-order chi connectivity index (χ0) is 9.84. The number of aromatic nitrogens is 2. The van der Waals surface area contributed by atoms with Crippen molar-refractivity contribution < 1.29 is 19.7 Å². The van der Waals surface area contributed by atoms with E-state index in [4.69, 9.17) is 14.9 Å². The first-order chi connectivity index (χ1) is 6.16. The van der Waals surface area contributed by atoms with Crippen molar-refractivity contribution in [3.05, 3.63) is 11.9 Å². The summed E-state index contributed by atoms with van der Waals surface area (Å²) in [6, 6.07) is 0. The average Bonchev–Trinajstić information content (AvgIpc) is 2.43. The zero-order valence-corrected chi connectivity index (χ0v) is 7.10. The van der Waals surface area contributed by atoms with Crippen molar-refractivity contribution in [2.75, 3.05) is 13.7 Å². The van der Waals surface area contributed by atoms with Gasteiger partial charge in [-0.1, -0.05) is 0 Å². The van der Waals surface area contributed by atoms with Gasteiger partial charge in [0.05, 0.1) is 19.3 Å². The Kier molecular flexibility index (Phi) is 2.86. The topological polar surface area (TPSA) is 84.6 Å². The lowest BCUT2D eigenvalue weighted by Gasteiger charge is -2.02. The van der Waals surface area contributed by atoms with Crippen molar-refractivity contribution in [1.82, 2.24) is 9.78 Å². The summed E-state index contributed by atoms with van der Waals surface area (Å²) in [7, 11) is 1.50. The van der Waals surface area contributed by atoms with Gasteiger partial charge in [-0.05, 0) is 0 Å². The molecule has 0 spiro atoms. The molecule has 0 atom stereocenters. The number of carboxylic acids is 1. The number of hydrogen-bond donors (Lipinski definition) is 2. The highest BCUT2D eigenvalue weighted by molar-refractivity contribution is 5.88. The molecular weight excluding hydrogens is 176 g/mol. The maximum Gasteiger partial charge on any atom is 0.358 e. The first kappa shape index (κ1) is 9.53. The molecule has 0 aliphatic rings. The van der Waals surface area contributed by atoms with Crippen molar-refractivity contribution in [3.8, 4) is 5.75 Å². The van der Waals surface area contributed by atoms with E-state index in [2.05, 4.69) is 5.10 Å². The Hall–Kier alpha value is -1.56. The third kappa shape index (κ3) is 1.97. The number of carboxylic acid groups (broad SMARTS) is 1. The molecule has 0 amide bonds. The summed E-state index contributed by atoms with van der Waals surface area (Å²) in [6.07, 6.45) is 1.10. The van der Waals surface area contributed by atoms with E-state index in [0.29, 0.717) is 13.2 Å². The summed E-state index contributed by atoms with van der Waals surface area (Å²) in [4.78, 5) is 10.6. The molecule has 0 saturated heterocycles. The van der Waals surface area contributed by atoms with Crippen molar-refractivity contribution in [2.45, 2.75) is 6.54 Å². The van der Waals surface area contributed by atoms with Crippen LogP contribution in [0.1, 0.15) is 10.5 Å². The first-order valence-corrected chi connectivity index (χ1v) is 3.63. The fourth-order valence-electron chi connectivity index (χ4n) is 0.943. The van der Waals surface area contributed by atoms with Crippen LogP contribution in [0.5, 0.6) is 5.75 Å². The summed E-state index contributed by atoms with van der Waals surface area (Å²) >= 11 is 0. The molecule has 0 radical (unpaired) electrons. The second kappa shape index (κ2) is 3.90. The van der Waals surface area contributed by atoms with Crippen LogP contribution < -0.4 is 0 Å². The highest BCUT2D eigenvalue weighted by Gasteiger charge is 2.16. The van der Waals surface area contributed by atoms with E-state index in [-0.39, 0.29) is 11.4 Å². The van der Waals surface area contributed by atoms with E-state index in [0.717, 1.165) is 6.20 Å². The first-order valence-electron chi connectivity index (χ1n) is 3.63. The Morgan fingerprint density at radius 1 is 1.77 bits per heavy atom. The van der Waals surface area contributed by atoms with E-state index in [1.807, 2.05) is 0 Å². The average molecular weight is 186 g/mol. The Bertz CT molecular complexity index is 307. The van der Waals surface area contributed by atoms with Crippen molar-refractivity contribution >= 4 is 5.97 Å². The number of carbonyl (C=O) groups is 1. The predicted molar refractivity (Wildman–Crippen MR) is 42.7 cm³/mol. The Balaban J connectivity index is 2.87. The molecule has 13 heavy (non-hydrogen) atoms. The van der Waals surface area contributed by atoms with Gasteiger partial charge in [-0.25, -0.2) is 4.79 Å². The van der Waals surface area contributed by atoms with E-state index in [9.17, 15) is 4.79 Å². The van der Waals surface area contributed by atoms with Gasteiger partial charge in [-0.3, -0.25) is 4.68 Å². The van der Waals surface area contributed by atoms with Crippen LogP contribution in [0.3, 0.4) is 0 Å². The number of aromatic hydroxyl groups is 1. The minimum Gasteiger partial charge on any atom is -0.504 e. The molecule has 0 saturated carbocycles. The molecule has 0 bridgehead atoms. The minimum absolute atomic E-state index is 0.211. The zero-order valence-electron chi connectivity index (χ0n) is 7.10. The van der Waals surface area contributed by atoms with Gasteiger partial charge in [0.2, 0.25) is 0 Å². The van der Waals surface area contributed by atoms with E-state index in [1.165, 1.54) is 11.8 Å². The third-order valence-corrected chi connectivity index (χ3v) is 1.53. The van der Waals surface area contributed by atoms with Crippen LogP contribution in [0.25, 0.3) is 0 Å². The van der Waals surface area contributed by atoms with Crippen molar-refractivity contribution in [2.24, 2.45) is 0 Å². The van der Waals surface area contributed by atoms with Gasteiger partial charge >= 0.3 is 5.97 Å². The molecule has 1 rings (SSSR count). The van der Waals surface area contributed by atoms with Crippen molar-refractivity contribution in [1.29, 1.82) is 0 Å². The highest BCUT2D eigenvalue weighted by atomic mass is 16.5. The maximum absolute atomic E-state index is 10.6. The van der Waals surface area contributed by atoms with Gasteiger partial charge in [0.1, 0.15) is 0 Å². The SMILES string of the molecule is COCCn1ncc(O)c1C(=O)O. The molecule has 72 valence electrons. The second-order valence-corrected chi connectivity index (χ2v) is 2.40. The van der Waals surface area contributed by atoms with Gasteiger partial charge in [0.15, 0.2) is 11.4 Å². The summed E-state index contributed by atoms with van der Waals surface area (Å²) < 4.78 is 5.94. The van der Waals surface area contributed by atoms with Crippen LogP contribution in [0.4, 0.5) is 0 Å². The molecule has 2 N–H and O–H groups in total. The van der Waals surface area contributed by atoms with Crippen LogP contribution in [0.2, 0.25) is 0 Å². The van der Waals surface area contributed by atoms with Gasteiger partial charge in [-0.15, -0.1) is 0 Å². The van der Waals surface area contributed by atoms with Gasteiger partial charge < -0.3 is 14.9 Å². The minimum atomic E-state index is -1.20. The molecule has 0 aliphatic carbocycles. The number of rotatable bonds is 4. The fourth-order valence-corrected chi connectivity index (χ4v) is 0.943. The van der Waals surface area contributed by atoms with Gasteiger partial charge in [0.25, 0.3) is 0 Å². The largest absolute Gasteiger partial charge is 0.504 e. The van der Waals surface area contributed by atoms with Crippen LogP contribution in [0.15, 0.2) is 6.20 Å². The number of hydrogen-bond acceptors (Lipinski definition) is 4. The van der Waals surface area contributed by atoms with E-state index in [1.54, 1.807) is 0 Å². The molecule has 0 aliphatic heterocycles. The second-order valence-electron chi connectivity index (χ2n) is 2.40. The molecule has 0 fully saturated rings. The molecule has 1 aromatic rings. The fraction of sp³-hybridized carbons (Fsp3) is 0.429. The monoisotopic (exact) mass is 186 g/mol. The van der Waals surface area contributed by atoms with Crippen molar-refractivity contribution in [3.63, 3.8) is 0 Å². The number of methoxy groups -OCH3 is 1. The molecule has 6 nitrogen and oxygen atoms in total. The number of nitrogens with zero attached hydrogens (tertiary/aromatic N) is 2. The molecule has 6 heteroatoms. The summed E-state index contributed by atoms with van der Waals surface area (Å²) in [5.41, 5.74) is -0.211. The van der Waals surface area contributed by atoms with Crippen LogP contribution in [0, 0.1) is 0 Å². The lowest BCUT2D eigenvalue weighted by molar-refractivity contribution is 0.0676. The summed E-state index contributed by atoms with van der Waals surface area (Å²) in [6.45, 7) is 0.653. The van der Waals surface area contributed by atoms with E-state index < -0.39 is 5.97 Å². The molecule has 1 heterocycles. The maximum atomic E-state index is 10.6. The smallest absolute Gasteiger partial charge is 0.358 e. The van der Waals surface area contributed by atoms with E-state index >= 15 is 0 Å². The Morgan fingerprint density at radius 2 is 2.46 bits per heavy atom. The molecule has 1 aromatic heterocycles. The Labute approximate surface area is 74.4 Å². The normalized spacial score (nSPS) is 10.2. The quantitative estimate of drug-likeness (QED) is 0.687. The predicted octanol–water partition coefficient (Wildman–Crippen LogP) is -0.0667. The van der Waals surface area contributed by atoms with Gasteiger partial charge in [0, 0.05) is 7.11 Å². The van der Waals surface area contributed by atoms with Crippen LogP contribution >= 0.6 is 0 Å². The number of aromatic carboxylic acids is 1. The lowest BCUT2D eigenvalue weighted by atomic mass is 10.4. The van der Waals surface area contributed by atoms with Crippen LogP contribution in [-0.4, -0.2) is 39.7 Å². The molecule has 0 aromatic carbocycles. The highest BCUT2D eigenvalue weighted by Crippen LogP contribution is 2.14. The third-order valence-electron chi connectivity index (χ3n) is 1.53. The number of ether oxygens (including phenoxy) is 1. The summed E-state index contributed by atoms with van der Waals surface area (Å²) in [5.74, 6) is -1.53. The van der Waals surface area contributed by atoms with Crippen LogP contribution in [-0.2, 0) is 11.3 Å². The molecular formula is C7H10N2O4. The van der Waals surface area contributed by atoms with Gasteiger partial charge in [-0.2, -0.15) is 5.10 Å². The molecule has 0 unspecified atom stereocenters.